The van der Waals surface area contributed by atoms with E-state index >= 15 is 0 Å². The van der Waals surface area contributed by atoms with Crippen LogP contribution < -0.4 is 5.32 Å². The molecule has 1 N–H and O–H groups in total. The largest absolute Gasteiger partial charge is 0.314 e. The van der Waals surface area contributed by atoms with Crippen molar-refractivity contribution in [2.75, 3.05) is 26.2 Å². The molecule has 0 atom stereocenters. The van der Waals surface area contributed by atoms with E-state index in [9.17, 15) is 0 Å². The first-order valence-corrected chi connectivity index (χ1v) is 7.14. The smallest absolute Gasteiger partial charge is 0.0156 e. The highest BCUT2D eigenvalue weighted by molar-refractivity contribution is 4.87. The third-order valence-corrected chi connectivity index (χ3v) is 4.49. The number of piperazine rings is 1. The first-order chi connectivity index (χ1) is 7.68. The molecule has 1 aliphatic carbocycles. The monoisotopic (exact) mass is 224 g/mol. The van der Waals surface area contributed by atoms with Gasteiger partial charge >= 0.3 is 0 Å². The predicted molar refractivity (Wildman–Crippen MR) is 69.7 cm³/mol. The maximum absolute atomic E-state index is 3.45. The molecular formula is C14H28N2. The summed E-state index contributed by atoms with van der Waals surface area (Å²) in [5.74, 6) is 0.999. The Hall–Kier alpha value is -0.0800. The highest BCUT2D eigenvalue weighted by Crippen LogP contribution is 2.33. The van der Waals surface area contributed by atoms with E-state index in [0.717, 1.165) is 5.92 Å². The lowest BCUT2D eigenvalue weighted by Crippen LogP contribution is -2.54. The lowest BCUT2D eigenvalue weighted by atomic mass is 9.80. The fraction of sp³-hybridized carbons (Fsp3) is 1.00. The highest BCUT2D eigenvalue weighted by atomic mass is 15.2. The van der Waals surface area contributed by atoms with Crippen LogP contribution in [0.2, 0.25) is 0 Å². The maximum atomic E-state index is 3.45. The molecule has 2 nitrogen and oxygen atoms in total. The predicted octanol–water partition coefficient (Wildman–Crippen LogP) is 2.64. The van der Waals surface area contributed by atoms with Crippen LogP contribution in [0.3, 0.4) is 0 Å². The number of hydrogen-bond donors (Lipinski definition) is 1. The van der Waals surface area contributed by atoms with Crippen LogP contribution in [0, 0.1) is 5.92 Å². The summed E-state index contributed by atoms with van der Waals surface area (Å²) in [6.45, 7) is 9.72. The van der Waals surface area contributed by atoms with Crippen molar-refractivity contribution in [2.24, 2.45) is 5.92 Å². The fourth-order valence-electron chi connectivity index (χ4n) is 3.50. The van der Waals surface area contributed by atoms with E-state index in [0.29, 0.717) is 5.54 Å². The molecule has 94 valence electrons. The summed E-state index contributed by atoms with van der Waals surface area (Å²) < 4.78 is 0. The second kappa shape index (κ2) is 5.50. The molecule has 2 fully saturated rings. The maximum Gasteiger partial charge on any atom is 0.0156 e. The Morgan fingerprint density at radius 2 is 1.69 bits per heavy atom. The number of hydrogen-bond acceptors (Lipinski definition) is 2. The van der Waals surface area contributed by atoms with Crippen LogP contribution in [0.4, 0.5) is 0 Å². The molecule has 0 amide bonds. The minimum atomic E-state index is 0.421. The Morgan fingerprint density at radius 3 is 2.31 bits per heavy atom. The van der Waals surface area contributed by atoms with Gasteiger partial charge in [0, 0.05) is 31.7 Å². The van der Waals surface area contributed by atoms with E-state index in [2.05, 4.69) is 24.1 Å². The third kappa shape index (κ3) is 3.21. The van der Waals surface area contributed by atoms with E-state index < -0.39 is 0 Å². The van der Waals surface area contributed by atoms with Gasteiger partial charge < -0.3 is 5.32 Å². The van der Waals surface area contributed by atoms with Crippen molar-refractivity contribution in [3.63, 3.8) is 0 Å². The zero-order valence-corrected chi connectivity index (χ0v) is 11.1. The van der Waals surface area contributed by atoms with Crippen LogP contribution >= 0.6 is 0 Å². The zero-order valence-electron chi connectivity index (χ0n) is 11.1. The third-order valence-electron chi connectivity index (χ3n) is 4.49. The number of nitrogens with zero attached hydrogens (tertiary/aromatic N) is 1. The Kier molecular flexibility index (Phi) is 4.26. The number of nitrogens with one attached hydrogen (secondary N) is 1. The van der Waals surface area contributed by atoms with E-state index in [1.165, 1.54) is 64.7 Å². The Bertz CT molecular complexity index is 201. The SMILES string of the molecule is CC(C)(CC1CCCCC1)N1CCNCC1. The lowest BCUT2D eigenvalue weighted by Gasteiger charge is -2.43. The topological polar surface area (TPSA) is 15.3 Å². The molecule has 1 heterocycles. The summed E-state index contributed by atoms with van der Waals surface area (Å²) in [6, 6.07) is 0. The average Bonchev–Trinajstić information content (AvgIpc) is 2.31. The van der Waals surface area contributed by atoms with Gasteiger partial charge in [0.05, 0.1) is 0 Å². The molecule has 1 saturated heterocycles. The molecule has 0 aromatic carbocycles. The fourth-order valence-corrected chi connectivity index (χ4v) is 3.50. The van der Waals surface area contributed by atoms with Crippen LogP contribution in [-0.2, 0) is 0 Å². The quantitative estimate of drug-likeness (QED) is 0.793. The van der Waals surface area contributed by atoms with Gasteiger partial charge in [-0.1, -0.05) is 32.1 Å². The summed E-state index contributed by atoms with van der Waals surface area (Å²) in [6.07, 6.45) is 8.80. The molecule has 16 heavy (non-hydrogen) atoms. The van der Waals surface area contributed by atoms with Crippen LogP contribution in [-0.4, -0.2) is 36.6 Å². The molecule has 2 rings (SSSR count). The molecule has 2 heteroatoms. The molecule has 2 aliphatic rings. The van der Waals surface area contributed by atoms with Gasteiger partial charge in [-0.3, -0.25) is 4.90 Å². The molecule has 0 spiro atoms. The van der Waals surface area contributed by atoms with Crippen molar-refractivity contribution >= 4 is 0 Å². The molecule has 0 aromatic rings. The van der Waals surface area contributed by atoms with Gasteiger partial charge in [-0.25, -0.2) is 0 Å². The van der Waals surface area contributed by atoms with Crippen molar-refractivity contribution in [1.29, 1.82) is 0 Å². The summed E-state index contributed by atoms with van der Waals surface area (Å²) in [4.78, 5) is 2.69. The minimum absolute atomic E-state index is 0.421. The van der Waals surface area contributed by atoms with E-state index in [-0.39, 0.29) is 0 Å². The van der Waals surface area contributed by atoms with Gasteiger partial charge in [-0.2, -0.15) is 0 Å². The normalized spacial score (nSPS) is 25.9. The van der Waals surface area contributed by atoms with E-state index in [1.54, 1.807) is 0 Å². The van der Waals surface area contributed by atoms with Gasteiger partial charge in [0.2, 0.25) is 0 Å². The Balaban J connectivity index is 1.84. The second-order valence-electron chi connectivity index (χ2n) is 6.26. The highest BCUT2D eigenvalue weighted by Gasteiger charge is 2.30. The van der Waals surface area contributed by atoms with Crippen LogP contribution in [0.25, 0.3) is 0 Å². The first-order valence-electron chi connectivity index (χ1n) is 7.14. The van der Waals surface area contributed by atoms with Crippen molar-refractivity contribution in [3.05, 3.63) is 0 Å². The van der Waals surface area contributed by atoms with Gasteiger partial charge in [0.15, 0.2) is 0 Å². The standard InChI is InChI=1S/C14H28N2/c1-14(2,16-10-8-15-9-11-16)12-13-6-4-3-5-7-13/h13,15H,3-12H2,1-2H3. The molecule has 0 bridgehead atoms. The minimum Gasteiger partial charge on any atom is -0.314 e. The molecular weight excluding hydrogens is 196 g/mol. The van der Waals surface area contributed by atoms with E-state index in [1.807, 2.05) is 0 Å². The van der Waals surface area contributed by atoms with Gasteiger partial charge in [0.1, 0.15) is 0 Å². The first kappa shape index (κ1) is 12.4. The van der Waals surface area contributed by atoms with Crippen molar-refractivity contribution in [3.8, 4) is 0 Å². The second-order valence-corrected chi connectivity index (χ2v) is 6.26. The van der Waals surface area contributed by atoms with Gasteiger partial charge in [-0.05, 0) is 26.2 Å². The molecule has 1 aliphatic heterocycles. The van der Waals surface area contributed by atoms with Crippen LogP contribution in [0.1, 0.15) is 52.4 Å². The zero-order chi connectivity index (χ0) is 11.4. The average molecular weight is 224 g/mol. The summed E-state index contributed by atoms with van der Waals surface area (Å²) in [7, 11) is 0. The summed E-state index contributed by atoms with van der Waals surface area (Å²) in [5.41, 5.74) is 0.421. The number of rotatable bonds is 3. The molecule has 0 aromatic heterocycles. The van der Waals surface area contributed by atoms with Crippen molar-refractivity contribution in [1.82, 2.24) is 10.2 Å². The summed E-state index contributed by atoms with van der Waals surface area (Å²) in [5, 5.41) is 3.45. The Labute approximate surface area is 101 Å². The Morgan fingerprint density at radius 1 is 1.06 bits per heavy atom. The molecule has 1 saturated carbocycles. The lowest BCUT2D eigenvalue weighted by molar-refractivity contribution is 0.0731. The van der Waals surface area contributed by atoms with Crippen LogP contribution in [0.5, 0.6) is 0 Å². The van der Waals surface area contributed by atoms with Crippen LogP contribution in [0.15, 0.2) is 0 Å². The van der Waals surface area contributed by atoms with E-state index in [4.69, 9.17) is 0 Å². The molecule has 0 radical (unpaired) electrons. The molecule has 0 unspecified atom stereocenters. The van der Waals surface area contributed by atoms with Gasteiger partial charge in [-0.15, -0.1) is 0 Å². The summed E-state index contributed by atoms with van der Waals surface area (Å²) >= 11 is 0. The van der Waals surface area contributed by atoms with Crippen molar-refractivity contribution < 1.29 is 0 Å². The van der Waals surface area contributed by atoms with Gasteiger partial charge in [0.25, 0.3) is 0 Å². The van der Waals surface area contributed by atoms with Crippen molar-refractivity contribution in [2.45, 2.75) is 57.9 Å².